The number of hydrogen-bond donors (Lipinski definition) is 1. The van der Waals surface area contributed by atoms with Crippen LogP contribution in [0.3, 0.4) is 0 Å². The second kappa shape index (κ2) is 3.89. The molecule has 0 saturated heterocycles. The number of halogens is 1. The van der Waals surface area contributed by atoms with Crippen molar-refractivity contribution in [3.05, 3.63) is 22.2 Å². The normalized spacial score (nSPS) is 25.6. The average Bonchev–Trinajstić information content (AvgIpc) is 3.14. The summed E-state index contributed by atoms with van der Waals surface area (Å²) in [7, 11) is 0. The summed E-state index contributed by atoms with van der Waals surface area (Å²) in [5.74, 6) is 1.69. The second-order valence-corrected chi connectivity index (χ2v) is 7.23. The largest absolute Gasteiger partial charge is 0.489 e. The number of benzene rings is 1. The quantitative estimate of drug-likeness (QED) is 0.862. The Balaban J connectivity index is 1.71. The summed E-state index contributed by atoms with van der Waals surface area (Å²) in [5, 5.41) is 0. The molecule has 2 aliphatic carbocycles. The van der Waals surface area contributed by atoms with Crippen molar-refractivity contribution in [1.29, 1.82) is 0 Å². The first-order valence-corrected chi connectivity index (χ1v) is 7.78. The van der Waals surface area contributed by atoms with Gasteiger partial charge in [-0.25, -0.2) is 0 Å². The van der Waals surface area contributed by atoms with E-state index in [2.05, 4.69) is 28.1 Å². The van der Waals surface area contributed by atoms with Gasteiger partial charge in [0.25, 0.3) is 0 Å². The monoisotopic (exact) mass is 323 g/mol. The number of rotatable bonds is 1. The Morgan fingerprint density at radius 1 is 1.05 bits per heavy atom. The van der Waals surface area contributed by atoms with E-state index in [1.165, 1.54) is 24.8 Å². The van der Waals surface area contributed by atoms with Gasteiger partial charge in [0.05, 0.1) is 17.7 Å². The molecule has 0 unspecified atom stereocenters. The number of hydrogen-bond acceptors (Lipinski definition) is 3. The zero-order chi connectivity index (χ0) is 13.1. The summed E-state index contributed by atoms with van der Waals surface area (Å²) in [4.78, 5) is 0. The van der Waals surface area contributed by atoms with Crippen molar-refractivity contribution in [1.82, 2.24) is 0 Å². The highest BCUT2D eigenvalue weighted by Crippen LogP contribution is 2.51. The van der Waals surface area contributed by atoms with Crippen molar-refractivity contribution >= 4 is 15.9 Å². The summed E-state index contributed by atoms with van der Waals surface area (Å²) in [6, 6.07) is 4.19. The molecule has 1 spiro atoms. The third kappa shape index (κ3) is 1.88. The molecule has 1 aliphatic heterocycles. The molecule has 2 saturated carbocycles. The van der Waals surface area contributed by atoms with Crippen molar-refractivity contribution in [2.45, 2.75) is 37.6 Å². The smallest absolute Gasteiger partial charge is 0.175 e. The molecule has 2 N–H and O–H groups in total. The van der Waals surface area contributed by atoms with Crippen LogP contribution in [0.25, 0.3) is 0 Å². The molecule has 1 heterocycles. The minimum absolute atomic E-state index is 0.162. The van der Waals surface area contributed by atoms with Crippen LogP contribution in [-0.2, 0) is 5.54 Å². The molecule has 4 heteroatoms. The molecule has 102 valence electrons. The Morgan fingerprint density at radius 2 is 1.79 bits per heavy atom. The van der Waals surface area contributed by atoms with Crippen LogP contribution >= 0.6 is 15.9 Å². The van der Waals surface area contributed by atoms with Gasteiger partial charge in [0, 0.05) is 11.0 Å². The summed E-state index contributed by atoms with van der Waals surface area (Å²) >= 11 is 3.61. The van der Waals surface area contributed by atoms with Gasteiger partial charge in [-0.3, -0.25) is 0 Å². The van der Waals surface area contributed by atoms with Gasteiger partial charge in [0.2, 0.25) is 0 Å². The van der Waals surface area contributed by atoms with Crippen LogP contribution in [0.2, 0.25) is 0 Å². The van der Waals surface area contributed by atoms with Gasteiger partial charge in [0.15, 0.2) is 11.5 Å². The molecule has 0 atom stereocenters. The molecule has 19 heavy (non-hydrogen) atoms. The van der Waals surface area contributed by atoms with E-state index < -0.39 is 0 Å². The molecular weight excluding hydrogens is 306 g/mol. The molecule has 2 fully saturated rings. The van der Waals surface area contributed by atoms with Gasteiger partial charge in [-0.05, 0) is 65.7 Å². The first kappa shape index (κ1) is 12.0. The summed E-state index contributed by atoms with van der Waals surface area (Å²) in [5.41, 5.74) is 7.69. The standard InChI is InChI=1S/C15H18BrNO2/c16-11-6-10(15(17)2-1-3-15)7-12-13(11)19-9-14(4-5-14)8-18-12/h6-7H,1-5,8-9,17H2. The fraction of sp³-hybridized carbons (Fsp3) is 0.600. The number of ether oxygens (including phenoxy) is 2. The lowest BCUT2D eigenvalue weighted by atomic mass is 9.73. The number of fused-ring (bicyclic) bond motifs is 1. The van der Waals surface area contributed by atoms with Crippen molar-refractivity contribution in [2.75, 3.05) is 13.2 Å². The molecular formula is C15H18BrNO2. The first-order valence-electron chi connectivity index (χ1n) is 6.99. The van der Waals surface area contributed by atoms with Crippen LogP contribution in [-0.4, -0.2) is 13.2 Å². The molecule has 1 aromatic rings. The van der Waals surface area contributed by atoms with Crippen LogP contribution in [0.4, 0.5) is 0 Å². The lowest BCUT2D eigenvalue weighted by Crippen LogP contribution is -2.43. The summed E-state index contributed by atoms with van der Waals surface area (Å²) in [6.45, 7) is 1.54. The maximum absolute atomic E-state index is 6.41. The van der Waals surface area contributed by atoms with E-state index in [-0.39, 0.29) is 11.0 Å². The average molecular weight is 324 g/mol. The van der Waals surface area contributed by atoms with Crippen molar-refractivity contribution < 1.29 is 9.47 Å². The molecule has 0 amide bonds. The van der Waals surface area contributed by atoms with Gasteiger partial charge in [0.1, 0.15) is 0 Å². The minimum Gasteiger partial charge on any atom is -0.489 e. The van der Waals surface area contributed by atoms with Crippen LogP contribution in [0.1, 0.15) is 37.7 Å². The second-order valence-electron chi connectivity index (χ2n) is 6.37. The van der Waals surface area contributed by atoms with E-state index in [0.29, 0.717) is 0 Å². The van der Waals surface area contributed by atoms with Gasteiger partial charge in [-0.15, -0.1) is 0 Å². The molecule has 3 aliphatic rings. The van der Waals surface area contributed by atoms with Crippen molar-refractivity contribution in [2.24, 2.45) is 11.1 Å². The van der Waals surface area contributed by atoms with Gasteiger partial charge >= 0.3 is 0 Å². The van der Waals surface area contributed by atoms with Gasteiger partial charge in [-0.2, -0.15) is 0 Å². The molecule has 1 aromatic carbocycles. The molecule has 0 radical (unpaired) electrons. The Morgan fingerprint density at radius 3 is 2.42 bits per heavy atom. The van der Waals surface area contributed by atoms with Crippen LogP contribution < -0.4 is 15.2 Å². The molecule has 0 aromatic heterocycles. The highest BCUT2D eigenvalue weighted by molar-refractivity contribution is 9.10. The maximum Gasteiger partial charge on any atom is 0.175 e. The van der Waals surface area contributed by atoms with Gasteiger partial charge in [-0.1, -0.05) is 0 Å². The van der Waals surface area contributed by atoms with E-state index in [0.717, 1.165) is 42.0 Å². The van der Waals surface area contributed by atoms with Crippen LogP contribution in [0.15, 0.2) is 16.6 Å². The molecule has 3 nitrogen and oxygen atoms in total. The predicted molar refractivity (Wildman–Crippen MR) is 76.5 cm³/mol. The summed E-state index contributed by atoms with van der Waals surface area (Å²) < 4.78 is 12.9. The zero-order valence-corrected chi connectivity index (χ0v) is 12.5. The highest BCUT2D eigenvalue weighted by atomic mass is 79.9. The van der Waals surface area contributed by atoms with Crippen LogP contribution in [0.5, 0.6) is 11.5 Å². The number of nitrogens with two attached hydrogens (primary N) is 1. The van der Waals surface area contributed by atoms with Gasteiger partial charge < -0.3 is 15.2 Å². The van der Waals surface area contributed by atoms with E-state index in [1.807, 2.05) is 0 Å². The lowest BCUT2D eigenvalue weighted by molar-refractivity contribution is 0.196. The predicted octanol–water partition coefficient (Wildman–Crippen LogP) is 3.34. The Bertz CT molecular complexity index is 535. The topological polar surface area (TPSA) is 44.5 Å². The lowest BCUT2D eigenvalue weighted by Gasteiger charge is -2.39. The fourth-order valence-electron chi connectivity index (χ4n) is 2.91. The van der Waals surface area contributed by atoms with E-state index in [4.69, 9.17) is 15.2 Å². The van der Waals surface area contributed by atoms with Crippen molar-refractivity contribution in [3.63, 3.8) is 0 Å². The van der Waals surface area contributed by atoms with E-state index in [9.17, 15) is 0 Å². The third-order valence-electron chi connectivity index (χ3n) is 4.84. The summed E-state index contributed by atoms with van der Waals surface area (Å²) in [6.07, 6.45) is 5.76. The molecule has 0 bridgehead atoms. The fourth-order valence-corrected chi connectivity index (χ4v) is 3.47. The highest BCUT2D eigenvalue weighted by Gasteiger charge is 2.46. The van der Waals surface area contributed by atoms with E-state index in [1.54, 1.807) is 0 Å². The minimum atomic E-state index is -0.162. The Kier molecular flexibility index (Phi) is 2.46. The molecule has 4 rings (SSSR count). The maximum atomic E-state index is 6.41. The van der Waals surface area contributed by atoms with E-state index >= 15 is 0 Å². The Labute approximate surface area is 121 Å². The first-order chi connectivity index (χ1) is 9.10. The Hall–Kier alpha value is -0.740. The SMILES string of the molecule is NC1(c2cc(Br)c3c(c2)OCC2(CC2)CO3)CCC1. The third-order valence-corrected chi connectivity index (χ3v) is 5.43. The zero-order valence-electron chi connectivity index (χ0n) is 10.9. The van der Waals surface area contributed by atoms with Crippen molar-refractivity contribution in [3.8, 4) is 11.5 Å². The van der Waals surface area contributed by atoms with Crippen LogP contribution in [0, 0.1) is 5.41 Å².